The zero-order valence-corrected chi connectivity index (χ0v) is 12.3. The van der Waals surface area contributed by atoms with Crippen LogP contribution in [0.25, 0.3) is 10.9 Å². The van der Waals surface area contributed by atoms with E-state index in [2.05, 4.69) is 20.9 Å². The van der Waals surface area contributed by atoms with Gasteiger partial charge in [0, 0.05) is 35.1 Å². The molecule has 1 saturated heterocycles. The third-order valence-corrected chi connectivity index (χ3v) is 4.23. The smallest absolute Gasteiger partial charge is 0.254 e. The Morgan fingerprint density at radius 3 is 2.95 bits per heavy atom. The molecule has 1 amide bonds. The van der Waals surface area contributed by atoms with Gasteiger partial charge in [0.15, 0.2) is 0 Å². The number of rotatable bonds is 1. The number of nitrogens with one attached hydrogen (secondary N) is 1. The first-order valence-corrected chi connectivity index (χ1v) is 7.22. The number of hydrogen-bond acceptors (Lipinski definition) is 3. The van der Waals surface area contributed by atoms with Crippen LogP contribution in [0.1, 0.15) is 16.8 Å². The number of aromatic nitrogens is 1. The number of carbonyl (C=O) groups is 1. The number of nitrogens with zero attached hydrogens (tertiary/aromatic N) is 1. The predicted molar refractivity (Wildman–Crippen MR) is 80.8 cm³/mol. The molecular weight excluding hydrogens is 322 g/mol. The molecule has 1 unspecified atom stereocenters. The summed E-state index contributed by atoms with van der Waals surface area (Å²) in [4.78, 5) is 28.8. The van der Waals surface area contributed by atoms with Gasteiger partial charge in [0.25, 0.3) is 5.91 Å². The molecule has 1 fully saturated rings. The van der Waals surface area contributed by atoms with E-state index in [0.717, 1.165) is 16.3 Å². The molecule has 2 heterocycles. The lowest BCUT2D eigenvalue weighted by Crippen LogP contribution is -2.32. The molecule has 0 spiro atoms. The highest BCUT2D eigenvalue weighted by molar-refractivity contribution is 9.10. The molecule has 20 heavy (non-hydrogen) atoms. The van der Waals surface area contributed by atoms with Gasteiger partial charge in [-0.15, -0.1) is 0 Å². The van der Waals surface area contributed by atoms with E-state index in [1.54, 1.807) is 4.90 Å². The summed E-state index contributed by atoms with van der Waals surface area (Å²) >= 11 is 3.39. The first kappa shape index (κ1) is 13.3. The summed E-state index contributed by atoms with van der Waals surface area (Å²) in [7, 11) is 0. The van der Waals surface area contributed by atoms with Crippen LogP contribution in [0.15, 0.2) is 33.5 Å². The zero-order chi connectivity index (χ0) is 14.3. The summed E-state index contributed by atoms with van der Waals surface area (Å²) < 4.78 is 0.764. The van der Waals surface area contributed by atoms with E-state index in [-0.39, 0.29) is 17.5 Å². The van der Waals surface area contributed by atoms with Crippen molar-refractivity contribution in [2.45, 2.75) is 12.5 Å². The lowest BCUT2D eigenvalue weighted by atomic mass is 10.1. The highest BCUT2D eigenvalue weighted by Crippen LogP contribution is 2.24. The number of carbonyl (C=O) groups excluding carboxylic acids is 1. The summed E-state index contributed by atoms with van der Waals surface area (Å²) in [6.45, 7) is 1.18. The molecule has 2 aromatic rings. The molecule has 5 nitrogen and oxygen atoms in total. The van der Waals surface area contributed by atoms with Gasteiger partial charge in [-0.2, -0.15) is 0 Å². The van der Waals surface area contributed by atoms with Gasteiger partial charge in [-0.3, -0.25) is 9.59 Å². The number of benzene rings is 1. The first-order chi connectivity index (χ1) is 9.56. The molecule has 3 rings (SSSR count). The van der Waals surface area contributed by atoms with Crippen LogP contribution in [-0.4, -0.2) is 34.9 Å². The Morgan fingerprint density at radius 2 is 2.25 bits per heavy atom. The van der Waals surface area contributed by atoms with Gasteiger partial charge in [0.05, 0.1) is 11.1 Å². The van der Waals surface area contributed by atoms with Crippen molar-refractivity contribution >= 4 is 32.7 Å². The standard InChI is InChI=1S/C14H14BrN3O2/c15-11-3-1-2-9-10(6-12(19)17-13(9)11)14(20)18-5-4-8(16)7-18/h1-3,6,8H,4-5,7,16H2,(H,17,19). The maximum atomic E-state index is 12.6. The second-order valence-electron chi connectivity index (χ2n) is 5.01. The van der Waals surface area contributed by atoms with Crippen molar-refractivity contribution in [2.24, 2.45) is 5.73 Å². The SMILES string of the molecule is NC1CCN(C(=O)c2cc(=O)[nH]c3c(Br)cccc23)C1. The van der Waals surface area contributed by atoms with E-state index < -0.39 is 0 Å². The number of para-hydroxylation sites is 1. The molecule has 3 N–H and O–H groups in total. The first-order valence-electron chi connectivity index (χ1n) is 6.42. The molecule has 0 saturated carbocycles. The minimum atomic E-state index is -0.281. The summed E-state index contributed by atoms with van der Waals surface area (Å²) in [6.07, 6.45) is 0.802. The van der Waals surface area contributed by atoms with E-state index in [0.29, 0.717) is 24.2 Å². The average molecular weight is 336 g/mol. The van der Waals surface area contributed by atoms with Crippen LogP contribution in [0, 0.1) is 0 Å². The summed E-state index contributed by atoms with van der Waals surface area (Å²) in [5.74, 6) is -0.132. The Bertz CT molecular complexity index is 741. The fourth-order valence-electron chi connectivity index (χ4n) is 2.56. The van der Waals surface area contributed by atoms with Crippen molar-refractivity contribution in [3.05, 3.63) is 44.7 Å². The molecule has 1 aromatic carbocycles. The van der Waals surface area contributed by atoms with Gasteiger partial charge in [-0.1, -0.05) is 12.1 Å². The lowest BCUT2D eigenvalue weighted by molar-refractivity contribution is 0.0792. The topological polar surface area (TPSA) is 79.2 Å². The Balaban J connectivity index is 2.14. The monoisotopic (exact) mass is 335 g/mol. The van der Waals surface area contributed by atoms with E-state index in [1.807, 2.05) is 18.2 Å². The Labute approximate surface area is 123 Å². The molecular formula is C14H14BrN3O2. The molecule has 1 aliphatic rings. The molecule has 104 valence electrons. The number of aromatic amines is 1. The molecule has 6 heteroatoms. The van der Waals surface area contributed by atoms with Gasteiger partial charge in [0.2, 0.25) is 5.56 Å². The number of pyridine rings is 1. The summed E-state index contributed by atoms with van der Waals surface area (Å²) in [5, 5.41) is 0.740. The molecule has 1 aliphatic heterocycles. The van der Waals surface area contributed by atoms with Crippen LogP contribution in [0.4, 0.5) is 0 Å². The van der Waals surface area contributed by atoms with Gasteiger partial charge in [-0.05, 0) is 28.4 Å². The zero-order valence-electron chi connectivity index (χ0n) is 10.7. The van der Waals surface area contributed by atoms with E-state index >= 15 is 0 Å². The van der Waals surface area contributed by atoms with Crippen LogP contribution in [0.3, 0.4) is 0 Å². The van der Waals surface area contributed by atoms with Crippen LogP contribution in [0.2, 0.25) is 0 Å². The maximum absolute atomic E-state index is 12.6. The van der Waals surface area contributed by atoms with E-state index in [9.17, 15) is 9.59 Å². The molecule has 0 radical (unpaired) electrons. The normalized spacial score (nSPS) is 18.7. The maximum Gasteiger partial charge on any atom is 0.254 e. The van der Waals surface area contributed by atoms with E-state index in [1.165, 1.54) is 6.07 Å². The van der Waals surface area contributed by atoms with Gasteiger partial charge in [-0.25, -0.2) is 0 Å². The largest absolute Gasteiger partial charge is 0.337 e. The summed E-state index contributed by atoms with van der Waals surface area (Å²) in [6, 6.07) is 6.90. The number of fused-ring (bicyclic) bond motifs is 1. The number of amides is 1. The minimum absolute atomic E-state index is 0.0268. The second-order valence-corrected chi connectivity index (χ2v) is 5.86. The predicted octanol–water partition coefficient (Wildman–Crippen LogP) is 1.46. The number of hydrogen-bond donors (Lipinski definition) is 2. The highest BCUT2D eigenvalue weighted by Gasteiger charge is 2.26. The van der Waals surface area contributed by atoms with Crippen LogP contribution in [0.5, 0.6) is 0 Å². The highest BCUT2D eigenvalue weighted by atomic mass is 79.9. The number of likely N-dealkylation sites (tertiary alicyclic amines) is 1. The number of H-pyrrole nitrogens is 1. The molecule has 0 aliphatic carbocycles. The fraction of sp³-hybridized carbons (Fsp3) is 0.286. The van der Waals surface area contributed by atoms with Crippen molar-refractivity contribution in [1.82, 2.24) is 9.88 Å². The van der Waals surface area contributed by atoms with Crippen molar-refractivity contribution in [2.75, 3.05) is 13.1 Å². The third-order valence-electron chi connectivity index (χ3n) is 3.57. The Morgan fingerprint density at radius 1 is 1.45 bits per heavy atom. The quantitative estimate of drug-likeness (QED) is 0.828. The van der Waals surface area contributed by atoms with Gasteiger partial charge >= 0.3 is 0 Å². The Kier molecular flexibility index (Phi) is 3.35. The molecule has 1 aromatic heterocycles. The Hall–Kier alpha value is -1.66. The van der Waals surface area contributed by atoms with Crippen molar-refractivity contribution in [3.63, 3.8) is 0 Å². The summed E-state index contributed by atoms with van der Waals surface area (Å²) in [5.41, 5.74) is 6.63. The average Bonchev–Trinajstić information content (AvgIpc) is 2.85. The molecule has 1 atom stereocenters. The fourth-order valence-corrected chi connectivity index (χ4v) is 3.03. The van der Waals surface area contributed by atoms with Crippen molar-refractivity contribution in [1.29, 1.82) is 0 Å². The lowest BCUT2D eigenvalue weighted by Gasteiger charge is -2.17. The molecule has 0 bridgehead atoms. The number of nitrogens with two attached hydrogens (primary N) is 1. The minimum Gasteiger partial charge on any atom is -0.337 e. The van der Waals surface area contributed by atoms with Gasteiger partial charge < -0.3 is 15.6 Å². The van der Waals surface area contributed by atoms with Crippen LogP contribution in [-0.2, 0) is 0 Å². The second kappa shape index (κ2) is 5.03. The number of halogens is 1. The van der Waals surface area contributed by atoms with E-state index in [4.69, 9.17) is 5.73 Å². The third kappa shape index (κ3) is 2.25. The van der Waals surface area contributed by atoms with Crippen molar-refractivity contribution < 1.29 is 4.79 Å². The van der Waals surface area contributed by atoms with Crippen LogP contribution >= 0.6 is 15.9 Å². The van der Waals surface area contributed by atoms with Gasteiger partial charge in [0.1, 0.15) is 0 Å². The van der Waals surface area contributed by atoms with Crippen molar-refractivity contribution in [3.8, 4) is 0 Å². The van der Waals surface area contributed by atoms with Crippen LogP contribution < -0.4 is 11.3 Å².